The largest absolute Gasteiger partial charge is 0.428 e. The Balaban J connectivity index is 1.83. The highest BCUT2D eigenvalue weighted by Crippen LogP contribution is 2.45. The lowest BCUT2D eigenvalue weighted by Crippen LogP contribution is -2.16. The first-order valence-corrected chi connectivity index (χ1v) is 9.49. The van der Waals surface area contributed by atoms with Gasteiger partial charge in [-0.05, 0) is 43.7 Å². The van der Waals surface area contributed by atoms with E-state index in [0.717, 1.165) is 16.3 Å². The van der Waals surface area contributed by atoms with E-state index in [9.17, 15) is 4.79 Å². The van der Waals surface area contributed by atoms with E-state index in [-0.39, 0.29) is 10.9 Å². The van der Waals surface area contributed by atoms with Crippen LogP contribution in [0.15, 0.2) is 79.8 Å². The monoisotopic (exact) mass is 361 g/mol. The molecule has 0 spiro atoms. The fourth-order valence-corrected chi connectivity index (χ4v) is 4.30. The number of nitrogens with zero attached hydrogens (tertiary/aromatic N) is 1. The van der Waals surface area contributed by atoms with E-state index >= 15 is 0 Å². The Bertz CT molecular complexity index is 1030. The third-order valence-corrected chi connectivity index (χ3v) is 5.81. The Kier molecular flexibility index (Phi) is 4.51. The Hall–Kier alpha value is -2.59. The minimum Gasteiger partial charge on any atom is -0.428 e. The second-order valence-corrected chi connectivity index (χ2v) is 7.74. The zero-order valence-electron chi connectivity index (χ0n) is 14.7. The molecule has 0 radical (unpaired) electrons. The highest BCUT2D eigenvalue weighted by Gasteiger charge is 2.24. The Labute approximate surface area is 156 Å². The van der Waals surface area contributed by atoms with Crippen molar-refractivity contribution in [2.45, 2.75) is 30.4 Å². The van der Waals surface area contributed by atoms with Crippen molar-refractivity contribution in [2.75, 3.05) is 0 Å². The molecule has 130 valence electrons. The van der Waals surface area contributed by atoms with Crippen LogP contribution in [0.5, 0.6) is 0 Å². The molecular formula is C22H19NO2S. The average Bonchev–Trinajstić information content (AvgIpc) is 2.82. The van der Waals surface area contributed by atoms with Crippen molar-refractivity contribution in [3.8, 4) is 0 Å². The number of thioether (sulfide) groups is 1. The second-order valence-electron chi connectivity index (χ2n) is 6.49. The van der Waals surface area contributed by atoms with E-state index < -0.39 is 0 Å². The Morgan fingerprint density at radius 3 is 2.54 bits per heavy atom. The molecule has 26 heavy (non-hydrogen) atoms. The molecule has 1 atom stereocenters. The van der Waals surface area contributed by atoms with Gasteiger partial charge in [0.15, 0.2) is 0 Å². The molecule has 2 heterocycles. The molecule has 1 aliphatic rings. The molecule has 0 fully saturated rings. The molecule has 0 saturated carbocycles. The predicted molar refractivity (Wildman–Crippen MR) is 107 cm³/mol. The predicted octanol–water partition coefficient (Wildman–Crippen LogP) is 5.61. The van der Waals surface area contributed by atoms with Gasteiger partial charge < -0.3 is 4.42 Å². The van der Waals surface area contributed by atoms with E-state index in [2.05, 4.69) is 37.3 Å². The summed E-state index contributed by atoms with van der Waals surface area (Å²) in [4.78, 5) is 18.4. The highest BCUT2D eigenvalue weighted by molar-refractivity contribution is 7.99. The van der Waals surface area contributed by atoms with Gasteiger partial charge >= 0.3 is 5.63 Å². The lowest BCUT2D eigenvalue weighted by molar-refractivity contribution is 0.478. The van der Waals surface area contributed by atoms with E-state index in [4.69, 9.17) is 9.41 Å². The summed E-state index contributed by atoms with van der Waals surface area (Å²) in [5, 5.41) is 0.193. The van der Waals surface area contributed by atoms with Gasteiger partial charge in [-0.2, -0.15) is 0 Å². The highest BCUT2D eigenvalue weighted by atomic mass is 32.2. The maximum absolute atomic E-state index is 12.4. The SMILES string of the molecule is Cc1ccc(C2CC(c3ccc(C)oc3=O)=Nc3ccccc3S2)cc1. The molecule has 1 aromatic heterocycles. The van der Waals surface area contributed by atoms with Crippen LogP contribution in [0.2, 0.25) is 0 Å². The average molecular weight is 361 g/mol. The van der Waals surface area contributed by atoms with Gasteiger partial charge in [0.05, 0.1) is 17.0 Å². The fraction of sp³-hybridized carbons (Fsp3) is 0.182. The number of hydrogen-bond donors (Lipinski definition) is 0. The van der Waals surface area contributed by atoms with Crippen LogP contribution in [-0.4, -0.2) is 5.71 Å². The van der Waals surface area contributed by atoms with E-state index in [1.54, 1.807) is 18.7 Å². The van der Waals surface area contributed by atoms with Gasteiger partial charge in [-0.1, -0.05) is 42.0 Å². The normalized spacial score (nSPS) is 16.5. The first-order valence-electron chi connectivity index (χ1n) is 8.61. The lowest BCUT2D eigenvalue weighted by Gasteiger charge is -2.16. The first kappa shape index (κ1) is 16.9. The van der Waals surface area contributed by atoms with Crippen molar-refractivity contribution in [2.24, 2.45) is 4.99 Å². The number of benzene rings is 2. The van der Waals surface area contributed by atoms with Crippen LogP contribution in [0.3, 0.4) is 0 Å². The summed E-state index contributed by atoms with van der Waals surface area (Å²) in [6, 6.07) is 20.3. The number of aliphatic imine (C=N–C) groups is 1. The molecule has 3 nitrogen and oxygen atoms in total. The molecule has 0 N–H and O–H groups in total. The van der Waals surface area contributed by atoms with Crippen LogP contribution in [0.4, 0.5) is 5.69 Å². The van der Waals surface area contributed by atoms with Crippen LogP contribution in [0.1, 0.15) is 34.1 Å². The molecule has 0 bridgehead atoms. The van der Waals surface area contributed by atoms with Gasteiger partial charge in [-0.3, -0.25) is 4.99 Å². The van der Waals surface area contributed by atoms with Gasteiger partial charge in [-0.15, -0.1) is 11.8 Å². The van der Waals surface area contributed by atoms with E-state index in [1.165, 1.54) is 11.1 Å². The summed E-state index contributed by atoms with van der Waals surface area (Å²) in [6.07, 6.45) is 0.677. The summed E-state index contributed by atoms with van der Waals surface area (Å²) in [7, 11) is 0. The molecule has 1 unspecified atom stereocenters. The molecule has 0 saturated heterocycles. The number of hydrogen-bond acceptors (Lipinski definition) is 4. The quantitative estimate of drug-likeness (QED) is 0.595. The van der Waals surface area contributed by atoms with Crippen molar-refractivity contribution in [1.29, 1.82) is 0 Å². The van der Waals surface area contributed by atoms with E-state index in [0.29, 0.717) is 17.7 Å². The first-order chi connectivity index (χ1) is 12.6. The topological polar surface area (TPSA) is 42.6 Å². The third-order valence-electron chi connectivity index (χ3n) is 4.49. The van der Waals surface area contributed by atoms with Crippen molar-refractivity contribution in [3.05, 3.63) is 93.5 Å². The maximum Gasteiger partial charge on any atom is 0.345 e. The third kappa shape index (κ3) is 3.37. The van der Waals surface area contributed by atoms with Crippen LogP contribution in [0.25, 0.3) is 0 Å². The molecule has 4 heteroatoms. The molecule has 0 amide bonds. The zero-order chi connectivity index (χ0) is 18.1. The number of rotatable bonds is 2. The maximum atomic E-state index is 12.4. The molecule has 4 rings (SSSR count). The zero-order valence-corrected chi connectivity index (χ0v) is 15.5. The van der Waals surface area contributed by atoms with Crippen molar-refractivity contribution >= 4 is 23.2 Å². The molecule has 1 aliphatic heterocycles. The summed E-state index contributed by atoms with van der Waals surface area (Å²) < 4.78 is 5.30. The molecule has 3 aromatic rings. The Morgan fingerprint density at radius 1 is 1.00 bits per heavy atom. The van der Waals surface area contributed by atoms with Crippen molar-refractivity contribution in [3.63, 3.8) is 0 Å². The van der Waals surface area contributed by atoms with Gasteiger partial charge in [0.25, 0.3) is 0 Å². The molecule has 0 aliphatic carbocycles. The van der Waals surface area contributed by atoms with Gasteiger partial charge in [0.1, 0.15) is 5.76 Å². The molecule has 2 aromatic carbocycles. The number of aryl methyl sites for hydroxylation is 2. The minimum atomic E-state index is -0.323. The number of para-hydroxylation sites is 1. The molecular weight excluding hydrogens is 342 g/mol. The summed E-state index contributed by atoms with van der Waals surface area (Å²) in [5.74, 6) is 0.609. The summed E-state index contributed by atoms with van der Waals surface area (Å²) in [5.41, 5.74) is 4.38. The summed E-state index contributed by atoms with van der Waals surface area (Å²) in [6.45, 7) is 3.87. The van der Waals surface area contributed by atoms with Gasteiger partial charge in [-0.25, -0.2) is 4.79 Å². The van der Waals surface area contributed by atoms with Crippen LogP contribution in [0, 0.1) is 13.8 Å². The second kappa shape index (κ2) is 6.96. The van der Waals surface area contributed by atoms with Crippen molar-refractivity contribution in [1.82, 2.24) is 0 Å². The van der Waals surface area contributed by atoms with Gasteiger partial charge in [0, 0.05) is 16.6 Å². The smallest absolute Gasteiger partial charge is 0.345 e. The fourth-order valence-electron chi connectivity index (χ4n) is 3.07. The Morgan fingerprint density at radius 2 is 1.77 bits per heavy atom. The van der Waals surface area contributed by atoms with Gasteiger partial charge in [0.2, 0.25) is 0 Å². The standard InChI is InChI=1S/C22H19NO2S/c1-14-7-10-16(11-8-14)21-13-19(17-12-9-15(2)25-22(17)24)23-18-5-3-4-6-20(18)26-21/h3-12,21H,13H2,1-2H3. The van der Waals surface area contributed by atoms with Crippen LogP contribution < -0.4 is 5.63 Å². The van der Waals surface area contributed by atoms with E-state index in [1.807, 2.05) is 30.3 Å². The summed E-state index contributed by atoms with van der Waals surface area (Å²) >= 11 is 1.80. The van der Waals surface area contributed by atoms with Crippen LogP contribution >= 0.6 is 11.8 Å². The van der Waals surface area contributed by atoms with Crippen LogP contribution in [-0.2, 0) is 0 Å². The minimum absolute atomic E-state index is 0.193. The lowest BCUT2D eigenvalue weighted by atomic mass is 10.0. The van der Waals surface area contributed by atoms with Crippen molar-refractivity contribution < 1.29 is 4.42 Å². The number of fused-ring (bicyclic) bond motifs is 1.